The molecule has 0 unspecified atom stereocenters. The normalized spacial score (nSPS) is 12.9. The van der Waals surface area contributed by atoms with Crippen molar-refractivity contribution in [2.45, 2.75) is 24.0 Å². The predicted octanol–water partition coefficient (Wildman–Crippen LogP) is 0.256. The number of hydrogen-bond donors (Lipinski definition) is 3. The monoisotopic (exact) mass is 278 g/mol. The lowest BCUT2D eigenvalue weighted by atomic mass is 10.3. The van der Waals surface area contributed by atoms with Crippen molar-refractivity contribution >= 4 is 27.2 Å². The molecule has 0 bridgehead atoms. The van der Waals surface area contributed by atoms with E-state index in [1.165, 1.54) is 6.20 Å². The highest BCUT2D eigenvalue weighted by Gasteiger charge is 2.15. The number of aromatic nitrogens is 1. The number of nitrogens with one attached hydrogen (secondary N) is 1. The number of amidine groups is 1. The van der Waals surface area contributed by atoms with E-state index in [4.69, 9.17) is 10.9 Å². The topological polar surface area (TPSA) is 118 Å². The Morgan fingerprint density at radius 3 is 2.94 bits per heavy atom. The average molecular weight is 278 g/mol. The lowest BCUT2D eigenvalue weighted by Crippen LogP contribution is -2.25. The number of hydrogen-bond acceptors (Lipinski definition) is 6. The predicted molar refractivity (Wildman–Crippen MR) is 64.7 cm³/mol. The number of sulfonamides is 1. The van der Waals surface area contributed by atoms with Gasteiger partial charge in [-0.3, -0.25) is 0 Å². The van der Waals surface area contributed by atoms with Gasteiger partial charge in [-0.05, 0) is 13.3 Å². The first-order valence-electron chi connectivity index (χ1n) is 4.84. The Kier molecular flexibility index (Phi) is 4.85. The first-order chi connectivity index (χ1) is 7.95. The molecule has 0 saturated heterocycles. The summed E-state index contributed by atoms with van der Waals surface area (Å²) in [6.45, 7) is 1.97. The molecule has 17 heavy (non-hydrogen) atoms. The maximum Gasteiger partial charge on any atom is 0.251 e. The molecule has 0 aromatic carbocycles. The van der Waals surface area contributed by atoms with E-state index in [2.05, 4.69) is 14.9 Å². The summed E-state index contributed by atoms with van der Waals surface area (Å²) in [4.78, 5) is 3.88. The zero-order chi connectivity index (χ0) is 12.9. The highest BCUT2D eigenvalue weighted by Crippen LogP contribution is 2.17. The summed E-state index contributed by atoms with van der Waals surface area (Å²) >= 11 is 1.11. The number of rotatable bonds is 6. The molecule has 1 aromatic rings. The number of aryl methyl sites for hydroxylation is 1. The Balaban J connectivity index is 2.46. The van der Waals surface area contributed by atoms with E-state index in [0.29, 0.717) is 17.8 Å². The lowest BCUT2D eigenvalue weighted by molar-refractivity contribution is 0.316. The Morgan fingerprint density at radius 2 is 2.41 bits per heavy atom. The zero-order valence-electron chi connectivity index (χ0n) is 9.25. The van der Waals surface area contributed by atoms with Crippen LogP contribution in [-0.4, -0.2) is 31.0 Å². The van der Waals surface area contributed by atoms with Gasteiger partial charge in [0, 0.05) is 13.0 Å². The summed E-state index contributed by atoms with van der Waals surface area (Å²) in [6.07, 6.45) is 2.12. The molecule has 0 fully saturated rings. The molecule has 1 heterocycles. The van der Waals surface area contributed by atoms with Crippen molar-refractivity contribution in [3.63, 3.8) is 0 Å². The van der Waals surface area contributed by atoms with E-state index in [0.717, 1.165) is 11.3 Å². The van der Waals surface area contributed by atoms with E-state index in [1.54, 1.807) is 6.92 Å². The molecule has 0 atom stereocenters. The van der Waals surface area contributed by atoms with Gasteiger partial charge in [0.25, 0.3) is 10.0 Å². The second-order valence-electron chi connectivity index (χ2n) is 3.29. The molecular formula is C8H14N4O3S2. The maximum atomic E-state index is 11.7. The zero-order valence-corrected chi connectivity index (χ0v) is 10.9. The number of thiazole rings is 1. The van der Waals surface area contributed by atoms with Gasteiger partial charge in [-0.25, -0.2) is 18.1 Å². The molecule has 1 aromatic heterocycles. The fourth-order valence-electron chi connectivity index (χ4n) is 1.06. The molecule has 0 spiro atoms. The molecule has 0 amide bonds. The average Bonchev–Trinajstić information content (AvgIpc) is 2.71. The fourth-order valence-corrected chi connectivity index (χ4v) is 3.29. The molecule has 7 nitrogen and oxygen atoms in total. The Morgan fingerprint density at radius 1 is 1.71 bits per heavy atom. The van der Waals surface area contributed by atoms with E-state index in [9.17, 15) is 8.42 Å². The van der Waals surface area contributed by atoms with E-state index in [-0.39, 0.29) is 16.6 Å². The highest BCUT2D eigenvalue weighted by atomic mass is 32.2. The van der Waals surface area contributed by atoms with Crippen molar-refractivity contribution in [3.05, 3.63) is 11.2 Å². The molecule has 96 valence electrons. The van der Waals surface area contributed by atoms with Crippen molar-refractivity contribution in [1.29, 1.82) is 0 Å². The summed E-state index contributed by atoms with van der Waals surface area (Å²) < 4.78 is 26.0. The molecule has 0 aliphatic carbocycles. The third kappa shape index (κ3) is 4.29. The third-order valence-electron chi connectivity index (χ3n) is 1.90. The van der Waals surface area contributed by atoms with Gasteiger partial charge in [-0.1, -0.05) is 5.16 Å². The highest BCUT2D eigenvalue weighted by molar-refractivity contribution is 7.91. The first-order valence-corrected chi connectivity index (χ1v) is 7.14. The minimum Gasteiger partial charge on any atom is -0.409 e. The molecule has 9 heteroatoms. The van der Waals surface area contributed by atoms with Crippen LogP contribution in [-0.2, 0) is 10.0 Å². The van der Waals surface area contributed by atoms with Crippen LogP contribution in [0.15, 0.2) is 15.6 Å². The third-order valence-corrected chi connectivity index (χ3v) is 4.73. The van der Waals surface area contributed by atoms with Gasteiger partial charge in [0.15, 0.2) is 4.21 Å². The van der Waals surface area contributed by atoms with Crippen LogP contribution < -0.4 is 10.5 Å². The van der Waals surface area contributed by atoms with Crippen molar-refractivity contribution in [1.82, 2.24) is 9.71 Å². The fraction of sp³-hybridized carbons (Fsp3) is 0.500. The van der Waals surface area contributed by atoms with E-state index >= 15 is 0 Å². The first kappa shape index (κ1) is 13.9. The number of nitrogens with two attached hydrogens (primary N) is 1. The van der Waals surface area contributed by atoms with Crippen LogP contribution in [0.1, 0.15) is 17.8 Å². The maximum absolute atomic E-state index is 11.7. The van der Waals surface area contributed by atoms with Crippen molar-refractivity contribution < 1.29 is 13.6 Å². The van der Waals surface area contributed by atoms with Crippen LogP contribution >= 0.6 is 11.3 Å². The van der Waals surface area contributed by atoms with Crippen LogP contribution in [0.5, 0.6) is 0 Å². The molecule has 4 N–H and O–H groups in total. The van der Waals surface area contributed by atoms with Gasteiger partial charge in [0.05, 0.1) is 11.2 Å². The largest absolute Gasteiger partial charge is 0.409 e. The summed E-state index contributed by atoms with van der Waals surface area (Å²) in [6, 6.07) is 0. The van der Waals surface area contributed by atoms with Crippen LogP contribution in [0, 0.1) is 6.92 Å². The summed E-state index contributed by atoms with van der Waals surface area (Å²) in [5.41, 5.74) is 5.25. The van der Waals surface area contributed by atoms with Gasteiger partial charge in [0.2, 0.25) is 0 Å². The Labute approximate surface area is 103 Å². The smallest absolute Gasteiger partial charge is 0.251 e. The van der Waals surface area contributed by atoms with Crippen LogP contribution in [0.3, 0.4) is 0 Å². The molecular weight excluding hydrogens is 264 g/mol. The standard InChI is InChI=1S/C8H14N4O3S2/c1-6-10-5-8(16-6)17(14,15)11-4-2-3-7(9)12-13/h5,11,13H,2-4H2,1H3,(H2,9,12). The summed E-state index contributed by atoms with van der Waals surface area (Å²) in [5.74, 6) is 0.0813. The summed E-state index contributed by atoms with van der Waals surface area (Å²) in [5, 5.41) is 11.8. The van der Waals surface area contributed by atoms with Crippen molar-refractivity contribution in [3.8, 4) is 0 Å². The second-order valence-corrected chi connectivity index (χ2v) is 6.52. The number of oxime groups is 1. The molecule has 0 aliphatic heterocycles. The van der Waals surface area contributed by atoms with Gasteiger partial charge >= 0.3 is 0 Å². The molecule has 0 radical (unpaired) electrons. The quantitative estimate of drug-likeness (QED) is 0.227. The molecule has 0 aliphatic rings. The van der Waals surface area contributed by atoms with Crippen LogP contribution in [0.25, 0.3) is 0 Å². The van der Waals surface area contributed by atoms with Gasteiger partial charge in [-0.15, -0.1) is 11.3 Å². The van der Waals surface area contributed by atoms with Crippen LogP contribution in [0.2, 0.25) is 0 Å². The van der Waals surface area contributed by atoms with Gasteiger partial charge in [0.1, 0.15) is 5.84 Å². The van der Waals surface area contributed by atoms with E-state index in [1.807, 2.05) is 0 Å². The van der Waals surface area contributed by atoms with Crippen molar-refractivity contribution in [2.75, 3.05) is 6.54 Å². The Bertz CT molecular complexity index is 495. The van der Waals surface area contributed by atoms with Gasteiger partial charge < -0.3 is 10.9 Å². The SMILES string of the molecule is Cc1ncc(S(=O)(=O)NCCC/C(N)=N/O)s1. The second kappa shape index (κ2) is 5.94. The van der Waals surface area contributed by atoms with Gasteiger partial charge in [-0.2, -0.15) is 0 Å². The van der Waals surface area contributed by atoms with Crippen molar-refractivity contribution in [2.24, 2.45) is 10.9 Å². The molecule has 0 saturated carbocycles. The number of nitrogens with zero attached hydrogens (tertiary/aromatic N) is 2. The Hall–Kier alpha value is -1.19. The lowest BCUT2D eigenvalue weighted by Gasteiger charge is -2.03. The molecule has 1 rings (SSSR count). The van der Waals surface area contributed by atoms with E-state index < -0.39 is 10.0 Å². The van der Waals surface area contributed by atoms with Crippen LogP contribution in [0.4, 0.5) is 0 Å². The minimum absolute atomic E-state index is 0.0813. The summed E-state index contributed by atoms with van der Waals surface area (Å²) in [7, 11) is -3.48. The minimum atomic E-state index is -3.48.